The summed E-state index contributed by atoms with van der Waals surface area (Å²) in [6.45, 7) is 1.20. The number of nitrogens with one attached hydrogen (secondary N) is 2. The van der Waals surface area contributed by atoms with E-state index in [0.29, 0.717) is 40.6 Å². The molecule has 2 fully saturated rings. The normalized spacial score (nSPS) is 24.0. The van der Waals surface area contributed by atoms with Gasteiger partial charge in [-0.05, 0) is 31.0 Å². The Morgan fingerprint density at radius 3 is 2.85 bits per heavy atom. The minimum absolute atomic E-state index is 0.0111. The summed E-state index contributed by atoms with van der Waals surface area (Å²) >= 11 is 12.3. The summed E-state index contributed by atoms with van der Waals surface area (Å²) in [5.74, 6) is 0.235. The number of rotatable bonds is 4. The van der Waals surface area contributed by atoms with Gasteiger partial charge in [0.2, 0.25) is 5.91 Å². The molecule has 9 heteroatoms. The molecule has 1 aromatic heterocycles. The highest BCUT2D eigenvalue weighted by atomic mass is 35.5. The predicted octanol–water partition coefficient (Wildman–Crippen LogP) is 2.19. The molecule has 0 unspecified atom stereocenters. The van der Waals surface area contributed by atoms with Crippen molar-refractivity contribution in [2.45, 2.75) is 24.5 Å². The number of likely N-dealkylation sites (tertiary alicyclic amines) is 1. The minimum atomic E-state index is -1.01. The fourth-order valence-electron chi connectivity index (χ4n) is 3.90. The van der Waals surface area contributed by atoms with Crippen LogP contribution in [0.2, 0.25) is 10.0 Å². The summed E-state index contributed by atoms with van der Waals surface area (Å²) in [5, 5.41) is 31.2. The molecule has 27 heavy (non-hydrogen) atoms. The number of halogens is 2. The largest absolute Gasteiger partial charge is 0.508 e. The number of aromatic amines is 1. The van der Waals surface area contributed by atoms with Crippen molar-refractivity contribution in [2.75, 3.05) is 19.6 Å². The molecular weight excluding hydrogens is 391 g/mol. The number of amides is 1. The van der Waals surface area contributed by atoms with Crippen LogP contribution >= 0.6 is 23.2 Å². The third kappa shape index (κ3) is 3.40. The van der Waals surface area contributed by atoms with Crippen LogP contribution in [-0.4, -0.2) is 50.9 Å². The summed E-state index contributed by atoms with van der Waals surface area (Å²) in [5.41, 5.74) is 0.261. The van der Waals surface area contributed by atoms with Gasteiger partial charge >= 0.3 is 0 Å². The molecule has 4 N–H and O–H groups in total. The quantitative estimate of drug-likeness (QED) is 0.618. The van der Waals surface area contributed by atoms with Gasteiger partial charge < -0.3 is 20.4 Å². The third-order valence-corrected chi connectivity index (χ3v) is 6.26. The van der Waals surface area contributed by atoms with E-state index in [9.17, 15) is 15.0 Å². The molecule has 0 saturated carbocycles. The maximum absolute atomic E-state index is 12.5. The van der Waals surface area contributed by atoms with E-state index in [-0.39, 0.29) is 36.7 Å². The Bertz CT molecular complexity index is 853. The van der Waals surface area contributed by atoms with E-state index in [1.54, 1.807) is 23.4 Å². The van der Waals surface area contributed by atoms with Crippen molar-refractivity contribution in [3.63, 3.8) is 0 Å². The number of aliphatic hydroxyl groups is 1. The van der Waals surface area contributed by atoms with Gasteiger partial charge in [-0.15, -0.1) is 0 Å². The number of β-amino-alcohol motifs (C(OH)–C–C–N with tert-alkyl or cyclic N) is 1. The molecule has 3 heterocycles. The molecule has 4 rings (SSSR count). The number of hydrogen-bond acceptors (Lipinski definition) is 5. The third-order valence-electron chi connectivity index (χ3n) is 5.44. The van der Waals surface area contributed by atoms with Crippen LogP contribution < -0.4 is 5.32 Å². The Kier molecular flexibility index (Phi) is 4.80. The van der Waals surface area contributed by atoms with Gasteiger partial charge in [0.05, 0.1) is 29.3 Å². The van der Waals surface area contributed by atoms with Crippen molar-refractivity contribution in [1.82, 2.24) is 20.4 Å². The van der Waals surface area contributed by atoms with Gasteiger partial charge in [-0.25, -0.2) is 0 Å². The number of benzene rings is 1. The highest BCUT2D eigenvalue weighted by Crippen LogP contribution is 2.41. The number of phenolic OH excluding ortho intramolecular Hbond substituents is 1. The lowest BCUT2D eigenvalue weighted by Crippen LogP contribution is -2.61. The summed E-state index contributed by atoms with van der Waals surface area (Å²) in [7, 11) is 0. The van der Waals surface area contributed by atoms with Crippen molar-refractivity contribution in [3.8, 4) is 5.75 Å². The highest BCUT2D eigenvalue weighted by Gasteiger charge is 2.46. The zero-order valence-corrected chi connectivity index (χ0v) is 16.0. The Morgan fingerprint density at radius 2 is 2.15 bits per heavy atom. The topological polar surface area (TPSA) is 101 Å². The lowest BCUT2D eigenvalue weighted by molar-refractivity contribution is -0.158. The van der Waals surface area contributed by atoms with Gasteiger partial charge in [-0.1, -0.05) is 23.2 Å². The highest BCUT2D eigenvalue weighted by molar-refractivity contribution is 6.42. The van der Waals surface area contributed by atoms with E-state index in [2.05, 4.69) is 15.5 Å². The van der Waals surface area contributed by atoms with Crippen molar-refractivity contribution in [3.05, 3.63) is 45.7 Å². The molecule has 2 aliphatic rings. The number of carbonyl (C=O) groups is 1. The zero-order valence-electron chi connectivity index (χ0n) is 14.5. The summed E-state index contributed by atoms with van der Waals surface area (Å²) < 4.78 is 0. The number of carbonyl (C=O) groups excluding carboxylic acids is 1. The second-order valence-electron chi connectivity index (χ2n) is 7.33. The molecule has 7 nitrogen and oxygen atoms in total. The number of nitrogens with zero attached hydrogens (tertiary/aromatic N) is 2. The molecule has 2 aromatic rings. The molecule has 0 bridgehead atoms. The number of H-pyrrole nitrogens is 1. The van der Waals surface area contributed by atoms with Crippen molar-refractivity contribution < 1.29 is 15.0 Å². The van der Waals surface area contributed by atoms with E-state index in [4.69, 9.17) is 23.2 Å². The number of aromatic hydroxyl groups is 1. The molecule has 0 spiro atoms. The van der Waals surface area contributed by atoms with Gasteiger partial charge in [0.15, 0.2) is 0 Å². The Balaban J connectivity index is 1.35. The van der Waals surface area contributed by atoms with E-state index in [0.717, 1.165) is 0 Å². The van der Waals surface area contributed by atoms with Crippen molar-refractivity contribution in [1.29, 1.82) is 0 Å². The average Bonchev–Trinajstić information content (AvgIpc) is 3.28. The van der Waals surface area contributed by atoms with E-state index >= 15 is 0 Å². The van der Waals surface area contributed by atoms with Crippen LogP contribution in [-0.2, 0) is 10.4 Å². The summed E-state index contributed by atoms with van der Waals surface area (Å²) in [6.07, 6.45) is 4.28. The fraction of sp³-hybridized carbons (Fsp3) is 0.444. The standard InChI is InChI=1S/C18H20Cl2N4O3/c19-12-1-2-14(25)16(17(12)20)13-3-10(5-21-13)4-15(26)24-8-18(27,9-24)11-6-22-23-7-11/h1-2,6-7,10,13,21,25,27H,3-5,8-9H2,(H,22,23)/t10-,13+/m0/s1. The summed E-state index contributed by atoms with van der Waals surface area (Å²) in [4.78, 5) is 14.2. The van der Waals surface area contributed by atoms with E-state index in [1.165, 1.54) is 6.07 Å². The van der Waals surface area contributed by atoms with Crippen LogP contribution in [0.25, 0.3) is 0 Å². The molecule has 2 aliphatic heterocycles. The number of phenols is 1. The van der Waals surface area contributed by atoms with Crippen LogP contribution in [0.3, 0.4) is 0 Å². The molecule has 2 saturated heterocycles. The molecule has 2 atom stereocenters. The number of hydrogen-bond donors (Lipinski definition) is 4. The van der Waals surface area contributed by atoms with Gasteiger partial charge in [0, 0.05) is 29.8 Å². The maximum atomic E-state index is 12.5. The average molecular weight is 411 g/mol. The molecule has 0 radical (unpaired) electrons. The van der Waals surface area contributed by atoms with Crippen LogP contribution in [0.1, 0.15) is 30.0 Å². The predicted molar refractivity (Wildman–Crippen MR) is 101 cm³/mol. The Hall–Kier alpha value is -1.80. The molecular formula is C18H20Cl2N4O3. The van der Waals surface area contributed by atoms with Gasteiger partial charge in [-0.2, -0.15) is 5.10 Å². The summed E-state index contributed by atoms with van der Waals surface area (Å²) in [6, 6.07) is 2.94. The van der Waals surface area contributed by atoms with E-state index in [1.807, 2.05) is 0 Å². The second kappa shape index (κ2) is 6.98. The fourth-order valence-corrected chi connectivity index (χ4v) is 4.35. The van der Waals surface area contributed by atoms with Crippen LogP contribution in [0.15, 0.2) is 24.5 Å². The lowest BCUT2D eigenvalue weighted by atomic mass is 9.87. The van der Waals surface area contributed by atoms with Gasteiger partial charge in [0.1, 0.15) is 11.4 Å². The SMILES string of the molecule is O=C(C[C@H]1CN[C@@H](c2c(O)ccc(Cl)c2Cl)C1)N1CC(O)(c2cn[nH]c2)C1. The van der Waals surface area contributed by atoms with Crippen molar-refractivity contribution >= 4 is 29.1 Å². The van der Waals surface area contributed by atoms with Crippen LogP contribution in [0.4, 0.5) is 0 Å². The van der Waals surface area contributed by atoms with Gasteiger partial charge in [-0.3, -0.25) is 9.89 Å². The Labute approximate surface area is 166 Å². The van der Waals surface area contributed by atoms with Gasteiger partial charge in [0.25, 0.3) is 0 Å². The molecule has 1 amide bonds. The van der Waals surface area contributed by atoms with E-state index < -0.39 is 5.60 Å². The molecule has 0 aliphatic carbocycles. The first-order valence-electron chi connectivity index (χ1n) is 8.77. The first-order valence-corrected chi connectivity index (χ1v) is 9.52. The minimum Gasteiger partial charge on any atom is -0.508 e. The van der Waals surface area contributed by atoms with Crippen LogP contribution in [0, 0.1) is 5.92 Å². The van der Waals surface area contributed by atoms with Crippen LogP contribution in [0.5, 0.6) is 5.75 Å². The number of aromatic nitrogens is 2. The van der Waals surface area contributed by atoms with Crippen molar-refractivity contribution in [2.24, 2.45) is 5.92 Å². The first-order chi connectivity index (χ1) is 12.9. The smallest absolute Gasteiger partial charge is 0.223 e. The monoisotopic (exact) mass is 410 g/mol. The maximum Gasteiger partial charge on any atom is 0.223 e. The molecule has 144 valence electrons. The Morgan fingerprint density at radius 1 is 1.37 bits per heavy atom. The zero-order chi connectivity index (χ0) is 19.2. The second-order valence-corrected chi connectivity index (χ2v) is 8.11. The lowest BCUT2D eigenvalue weighted by Gasteiger charge is -2.46. The first kappa shape index (κ1) is 18.6. The molecule has 1 aromatic carbocycles.